The average Bonchev–Trinajstić information content (AvgIpc) is 2.88. The number of para-hydroxylation sites is 1. The summed E-state index contributed by atoms with van der Waals surface area (Å²) < 4.78 is 53.4. The van der Waals surface area contributed by atoms with Crippen molar-refractivity contribution in [1.82, 2.24) is 4.98 Å². The van der Waals surface area contributed by atoms with Crippen molar-refractivity contribution in [3.05, 3.63) is 114 Å². The van der Waals surface area contributed by atoms with Gasteiger partial charge in [-0.2, -0.15) is 0 Å². The molecule has 4 aromatic rings. The van der Waals surface area contributed by atoms with Gasteiger partial charge in [-0.3, -0.25) is 13.8 Å². The lowest BCUT2D eigenvalue weighted by Gasteiger charge is -2.22. The molecule has 190 valence electrons. The molecule has 37 heavy (non-hydrogen) atoms. The minimum Gasteiger partial charge on any atom is -0.322 e. The van der Waals surface area contributed by atoms with Gasteiger partial charge in [-0.15, -0.1) is 0 Å². The van der Waals surface area contributed by atoms with Gasteiger partial charge in [-0.1, -0.05) is 36.4 Å². The third kappa shape index (κ3) is 6.72. The number of pyridine rings is 1. The Morgan fingerprint density at radius 2 is 1.46 bits per heavy atom. The van der Waals surface area contributed by atoms with E-state index in [4.69, 9.17) is 0 Å². The second kappa shape index (κ2) is 10.8. The number of nitrogens with one attached hydrogen (secondary N) is 2. The molecule has 0 aliphatic heterocycles. The predicted molar refractivity (Wildman–Crippen MR) is 143 cm³/mol. The summed E-state index contributed by atoms with van der Waals surface area (Å²) in [4.78, 5) is 16.7. The number of amides is 1. The number of benzene rings is 3. The van der Waals surface area contributed by atoms with E-state index in [1.54, 1.807) is 60.7 Å². The maximum absolute atomic E-state index is 12.7. The third-order valence-electron chi connectivity index (χ3n) is 5.31. The lowest BCUT2D eigenvalue weighted by atomic mass is 10.1. The van der Waals surface area contributed by atoms with Gasteiger partial charge in [0.05, 0.1) is 23.4 Å². The second-order valence-corrected chi connectivity index (χ2v) is 11.7. The van der Waals surface area contributed by atoms with E-state index in [0.29, 0.717) is 22.5 Å². The van der Waals surface area contributed by atoms with Crippen molar-refractivity contribution in [3.8, 4) is 0 Å². The highest BCUT2D eigenvalue weighted by Gasteiger charge is 2.18. The summed E-state index contributed by atoms with van der Waals surface area (Å²) >= 11 is 0. The maximum Gasteiger partial charge on any atom is 0.263 e. The Bertz CT molecular complexity index is 1580. The third-order valence-corrected chi connectivity index (χ3v) is 7.82. The number of carbonyl (C=O) groups is 1. The molecule has 2 N–H and O–H groups in total. The Balaban J connectivity index is 1.42. The summed E-state index contributed by atoms with van der Waals surface area (Å²) in [5.41, 5.74) is 2.04. The molecule has 0 bridgehead atoms. The number of rotatable bonds is 9. The van der Waals surface area contributed by atoms with Gasteiger partial charge in [0, 0.05) is 17.4 Å². The molecule has 0 spiro atoms. The van der Waals surface area contributed by atoms with Crippen LogP contribution >= 0.6 is 0 Å². The summed E-state index contributed by atoms with van der Waals surface area (Å²) in [7, 11) is -7.34. The highest BCUT2D eigenvalue weighted by atomic mass is 32.2. The molecule has 0 saturated heterocycles. The van der Waals surface area contributed by atoms with Gasteiger partial charge in [-0.25, -0.2) is 21.8 Å². The van der Waals surface area contributed by atoms with E-state index >= 15 is 0 Å². The van der Waals surface area contributed by atoms with Crippen LogP contribution in [0, 0.1) is 0 Å². The number of carbonyl (C=O) groups excluding carboxylic acids is 1. The van der Waals surface area contributed by atoms with Crippen LogP contribution in [0.2, 0.25) is 0 Å². The summed E-state index contributed by atoms with van der Waals surface area (Å²) in [6, 6.07) is 26.0. The summed E-state index contributed by atoms with van der Waals surface area (Å²) in [6.45, 7) is 0.118. The van der Waals surface area contributed by atoms with Crippen molar-refractivity contribution in [2.75, 3.05) is 20.6 Å². The van der Waals surface area contributed by atoms with Gasteiger partial charge in [0.2, 0.25) is 10.0 Å². The van der Waals surface area contributed by atoms with Crippen LogP contribution in [0.1, 0.15) is 15.9 Å². The number of aromatic nitrogens is 1. The van der Waals surface area contributed by atoms with Gasteiger partial charge in [0.25, 0.3) is 15.9 Å². The zero-order valence-corrected chi connectivity index (χ0v) is 21.4. The highest BCUT2D eigenvalue weighted by Crippen LogP contribution is 2.21. The molecule has 3 aromatic carbocycles. The van der Waals surface area contributed by atoms with Gasteiger partial charge >= 0.3 is 0 Å². The van der Waals surface area contributed by atoms with Crippen molar-refractivity contribution in [3.63, 3.8) is 0 Å². The molecule has 11 heteroatoms. The summed E-state index contributed by atoms with van der Waals surface area (Å²) in [6.07, 6.45) is 2.63. The van der Waals surface area contributed by atoms with E-state index in [1.807, 2.05) is 6.07 Å². The first-order valence-corrected chi connectivity index (χ1v) is 14.4. The van der Waals surface area contributed by atoms with Crippen molar-refractivity contribution >= 4 is 43.1 Å². The Kier molecular flexibility index (Phi) is 7.55. The van der Waals surface area contributed by atoms with Crippen molar-refractivity contribution in [1.29, 1.82) is 0 Å². The SMILES string of the molecule is CS(=O)(=O)N(Cc1ccc(C(=O)Nc2ccc(S(=O)(=O)Nc3ccccn3)cc2)cc1)c1ccccc1. The lowest BCUT2D eigenvalue weighted by molar-refractivity contribution is 0.102. The maximum atomic E-state index is 12.7. The Labute approximate surface area is 215 Å². The molecule has 0 unspecified atom stereocenters. The molecule has 1 heterocycles. The second-order valence-electron chi connectivity index (χ2n) is 8.10. The van der Waals surface area contributed by atoms with Gasteiger partial charge in [-0.05, 0) is 66.2 Å². The van der Waals surface area contributed by atoms with E-state index < -0.39 is 26.0 Å². The van der Waals surface area contributed by atoms with Crippen molar-refractivity contribution in [2.45, 2.75) is 11.4 Å². The molecule has 0 aliphatic carbocycles. The number of sulfonamides is 2. The normalized spacial score (nSPS) is 11.5. The smallest absolute Gasteiger partial charge is 0.263 e. The molecule has 4 rings (SSSR count). The standard InChI is InChI=1S/C26H24N4O5S2/c1-36(32,33)30(23-7-3-2-4-8-23)19-20-10-12-21(13-11-20)26(31)28-22-14-16-24(17-15-22)37(34,35)29-25-9-5-6-18-27-25/h2-18H,19H2,1H3,(H,27,29)(H,28,31). The molecule has 0 fully saturated rings. The van der Waals surface area contributed by atoms with Crippen LogP contribution in [0.15, 0.2) is 108 Å². The predicted octanol–water partition coefficient (Wildman–Crippen LogP) is 4.10. The van der Waals surface area contributed by atoms with E-state index in [0.717, 1.165) is 6.26 Å². The first kappa shape index (κ1) is 25.9. The minimum atomic E-state index is -3.83. The van der Waals surface area contributed by atoms with Crippen LogP contribution in [-0.2, 0) is 26.6 Å². The topological polar surface area (TPSA) is 126 Å². The Morgan fingerprint density at radius 3 is 2.05 bits per heavy atom. The Hall–Kier alpha value is -4.22. The number of hydrogen-bond acceptors (Lipinski definition) is 6. The molecule has 1 aromatic heterocycles. The highest BCUT2D eigenvalue weighted by molar-refractivity contribution is 7.92. The van der Waals surface area contributed by atoms with E-state index in [2.05, 4.69) is 15.0 Å². The van der Waals surface area contributed by atoms with Gasteiger partial charge in [0.1, 0.15) is 5.82 Å². The molecule has 0 aliphatic rings. The largest absolute Gasteiger partial charge is 0.322 e. The first-order chi connectivity index (χ1) is 17.6. The van der Waals surface area contributed by atoms with Gasteiger partial charge < -0.3 is 5.32 Å². The number of nitrogens with zero attached hydrogens (tertiary/aromatic N) is 2. The molecule has 9 nitrogen and oxygen atoms in total. The molecular formula is C26H24N4O5S2. The van der Waals surface area contributed by atoms with Crippen LogP contribution in [-0.4, -0.2) is 34.0 Å². The minimum absolute atomic E-state index is 0.0225. The van der Waals surface area contributed by atoms with E-state index in [-0.39, 0.29) is 17.3 Å². The zero-order valence-electron chi connectivity index (χ0n) is 19.8. The fourth-order valence-corrected chi connectivity index (χ4v) is 5.36. The average molecular weight is 537 g/mol. The molecule has 0 radical (unpaired) electrons. The van der Waals surface area contributed by atoms with Crippen LogP contribution in [0.25, 0.3) is 0 Å². The quantitative estimate of drug-likeness (QED) is 0.332. The number of hydrogen-bond donors (Lipinski definition) is 2. The van der Waals surface area contributed by atoms with Crippen molar-refractivity contribution < 1.29 is 21.6 Å². The van der Waals surface area contributed by atoms with Crippen LogP contribution in [0.3, 0.4) is 0 Å². The summed E-state index contributed by atoms with van der Waals surface area (Å²) in [5, 5.41) is 2.72. The molecule has 1 amide bonds. The fourth-order valence-electron chi connectivity index (χ4n) is 3.46. The monoisotopic (exact) mass is 536 g/mol. The molecule has 0 atom stereocenters. The zero-order chi connectivity index (χ0) is 26.5. The first-order valence-electron chi connectivity index (χ1n) is 11.1. The van der Waals surface area contributed by atoms with Crippen LogP contribution in [0.5, 0.6) is 0 Å². The fraction of sp³-hybridized carbons (Fsp3) is 0.0769. The molecular weight excluding hydrogens is 512 g/mol. The lowest BCUT2D eigenvalue weighted by Crippen LogP contribution is -2.29. The molecule has 0 saturated carbocycles. The van der Waals surface area contributed by atoms with Crippen molar-refractivity contribution in [2.24, 2.45) is 0 Å². The van der Waals surface area contributed by atoms with E-state index in [1.165, 1.54) is 40.8 Å². The Morgan fingerprint density at radius 1 is 0.811 bits per heavy atom. The van der Waals surface area contributed by atoms with Gasteiger partial charge in [0.15, 0.2) is 0 Å². The number of anilines is 3. The van der Waals surface area contributed by atoms with Crippen LogP contribution < -0.4 is 14.3 Å². The van der Waals surface area contributed by atoms with Crippen LogP contribution in [0.4, 0.5) is 17.2 Å². The van der Waals surface area contributed by atoms with E-state index in [9.17, 15) is 21.6 Å². The summed E-state index contributed by atoms with van der Waals surface area (Å²) in [5.74, 6) is -0.191.